The highest BCUT2D eigenvalue weighted by molar-refractivity contribution is 5.77. The Labute approximate surface area is 145 Å². The predicted octanol–water partition coefficient (Wildman–Crippen LogP) is 4.21. The summed E-state index contributed by atoms with van der Waals surface area (Å²) in [5, 5.41) is 0. The second-order valence-electron chi connectivity index (χ2n) is 6.94. The Morgan fingerprint density at radius 3 is 2.79 bits per heavy atom. The van der Waals surface area contributed by atoms with Crippen LogP contribution in [0.25, 0.3) is 0 Å². The van der Waals surface area contributed by atoms with Gasteiger partial charge in [-0.25, -0.2) is 0 Å². The van der Waals surface area contributed by atoms with Crippen LogP contribution in [0.5, 0.6) is 5.75 Å². The van der Waals surface area contributed by atoms with Crippen molar-refractivity contribution in [3.8, 4) is 5.75 Å². The van der Waals surface area contributed by atoms with Gasteiger partial charge in [0.05, 0.1) is 0 Å². The van der Waals surface area contributed by atoms with E-state index in [1.165, 1.54) is 18.4 Å². The Bertz CT molecular complexity index is 593. The number of nitrogens with one attached hydrogen (secondary N) is 2. The van der Waals surface area contributed by atoms with Gasteiger partial charge in [-0.3, -0.25) is 10.2 Å². The van der Waals surface area contributed by atoms with Crippen LogP contribution < -0.4 is 15.6 Å². The maximum absolute atomic E-state index is 12.0. The quantitative estimate of drug-likeness (QED) is 0.736. The summed E-state index contributed by atoms with van der Waals surface area (Å²) >= 11 is 0. The third-order valence-electron chi connectivity index (χ3n) is 4.61. The van der Waals surface area contributed by atoms with Gasteiger partial charge in [-0.2, -0.15) is 0 Å². The lowest BCUT2D eigenvalue weighted by Crippen LogP contribution is -2.40. The van der Waals surface area contributed by atoms with Gasteiger partial charge in [0.2, 0.25) is 0 Å². The zero-order valence-corrected chi connectivity index (χ0v) is 15.3. The van der Waals surface area contributed by atoms with E-state index in [-0.39, 0.29) is 12.5 Å². The van der Waals surface area contributed by atoms with Crippen LogP contribution in [0.1, 0.15) is 63.5 Å². The first kappa shape index (κ1) is 18.4. The molecule has 2 rings (SSSR count). The Morgan fingerprint density at radius 1 is 1.38 bits per heavy atom. The first-order valence-corrected chi connectivity index (χ1v) is 8.96. The van der Waals surface area contributed by atoms with Crippen molar-refractivity contribution in [3.05, 3.63) is 41.1 Å². The number of carbonyl (C=O) groups is 1. The van der Waals surface area contributed by atoms with Crippen LogP contribution in [-0.4, -0.2) is 12.5 Å². The Hall–Kier alpha value is -1.97. The molecule has 0 spiro atoms. The molecule has 4 nitrogen and oxygen atoms in total. The number of amides is 1. The molecule has 0 fully saturated rings. The minimum atomic E-state index is -0.163. The van der Waals surface area contributed by atoms with E-state index in [0.29, 0.717) is 5.92 Å². The SMILES string of the molecule is CC[C@@H]1CC=C(NNC(=O)COc2ccc(C)cc2C(C)C)CC1. The Balaban J connectivity index is 1.81. The topological polar surface area (TPSA) is 50.4 Å². The van der Waals surface area contributed by atoms with Crippen LogP contribution in [-0.2, 0) is 4.79 Å². The number of hydrogen-bond acceptors (Lipinski definition) is 3. The summed E-state index contributed by atoms with van der Waals surface area (Å²) in [4.78, 5) is 12.0. The molecule has 0 saturated heterocycles. The van der Waals surface area contributed by atoms with Gasteiger partial charge < -0.3 is 10.2 Å². The number of hydrazine groups is 1. The summed E-state index contributed by atoms with van der Waals surface area (Å²) in [5.74, 6) is 1.77. The van der Waals surface area contributed by atoms with Crippen molar-refractivity contribution in [1.29, 1.82) is 0 Å². The van der Waals surface area contributed by atoms with Crippen molar-refractivity contribution >= 4 is 5.91 Å². The number of hydrogen-bond donors (Lipinski definition) is 2. The van der Waals surface area contributed by atoms with Crippen LogP contribution in [0.15, 0.2) is 30.0 Å². The molecule has 0 bridgehead atoms. The molecule has 0 aliphatic heterocycles. The molecule has 2 N–H and O–H groups in total. The average Bonchev–Trinajstić information content (AvgIpc) is 2.59. The minimum absolute atomic E-state index is 0.0145. The van der Waals surface area contributed by atoms with Gasteiger partial charge in [-0.05, 0) is 49.7 Å². The van der Waals surface area contributed by atoms with Gasteiger partial charge in [0.15, 0.2) is 6.61 Å². The van der Waals surface area contributed by atoms with E-state index in [1.54, 1.807) is 0 Å². The fourth-order valence-electron chi connectivity index (χ4n) is 2.95. The van der Waals surface area contributed by atoms with Crippen molar-refractivity contribution in [3.63, 3.8) is 0 Å². The second kappa shape index (κ2) is 8.76. The van der Waals surface area contributed by atoms with Gasteiger partial charge in [0, 0.05) is 5.70 Å². The molecule has 1 atom stereocenters. The van der Waals surface area contributed by atoms with E-state index in [0.717, 1.165) is 35.8 Å². The Morgan fingerprint density at radius 2 is 2.17 bits per heavy atom. The number of allylic oxidation sites excluding steroid dienone is 2. The third-order valence-corrected chi connectivity index (χ3v) is 4.61. The molecule has 0 radical (unpaired) electrons. The van der Waals surface area contributed by atoms with Gasteiger partial charge in [-0.1, -0.05) is 51.0 Å². The van der Waals surface area contributed by atoms with Crippen LogP contribution in [0.3, 0.4) is 0 Å². The minimum Gasteiger partial charge on any atom is -0.483 e. The molecule has 132 valence electrons. The number of carbonyl (C=O) groups excluding carboxylic acids is 1. The van der Waals surface area contributed by atoms with Crippen LogP contribution in [0, 0.1) is 12.8 Å². The molecule has 0 unspecified atom stereocenters. The Kier molecular flexibility index (Phi) is 6.71. The van der Waals surface area contributed by atoms with Crippen LogP contribution in [0.4, 0.5) is 0 Å². The summed E-state index contributed by atoms with van der Waals surface area (Å²) in [6.07, 6.45) is 6.68. The molecule has 0 aromatic heterocycles. The summed E-state index contributed by atoms with van der Waals surface area (Å²) < 4.78 is 5.72. The molecule has 1 aliphatic rings. The van der Waals surface area contributed by atoms with Crippen molar-refractivity contribution in [2.45, 2.75) is 59.3 Å². The molecular formula is C20H30N2O2. The predicted molar refractivity (Wildman–Crippen MR) is 97.8 cm³/mol. The van der Waals surface area contributed by atoms with E-state index in [2.05, 4.69) is 50.7 Å². The number of ether oxygens (including phenoxy) is 1. The van der Waals surface area contributed by atoms with Crippen molar-refractivity contribution in [2.75, 3.05) is 6.61 Å². The lowest BCUT2D eigenvalue weighted by atomic mass is 9.91. The standard InChI is InChI=1S/C20H30N2O2/c1-5-16-7-9-17(10-8-16)21-22-20(23)13-24-19-11-6-15(4)12-18(19)14(2)3/h6,9,11-12,14,16,21H,5,7-8,10,13H2,1-4H3,(H,22,23)/t16-/m1/s1. The second-order valence-corrected chi connectivity index (χ2v) is 6.94. The smallest absolute Gasteiger partial charge is 0.276 e. The summed E-state index contributed by atoms with van der Waals surface area (Å²) in [6.45, 7) is 8.56. The van der Waals surface area contributed by atoms with Crippen LogP contribution >= 0.6 is 0 Å². The van der Waals surface area contributed by atoms with Gasteiger partial charge >= 0.3 is 0 Å². The molecule has 1 amide bonds. The average molecular weight is 330 g/mol. The van der Waals surface area contributed by atoms with E-state index in [4.69, 9.17) is 4.74 Å². The molecule has 1 aromatic rings. The number of rotatable bonds is 7. The van der Waals surface area contributed by atoms with Gasteiger partial charge in [0.1, 0.15) is 5.75 Å². The molecule has 1 aromatic carbocycles. The lowest BCUT2D eigenvalue weighted by molar-refractivity contribution is -0.123. The van der Waals surface area contributed by atoms with E-state index in [1.807, 2.05) is 12.1 Å². The monoisotopic (exact) mass is 330 g/mol. The molecular weight excluding hydrogens is 300 g/mol. The molecule has 1 aliphatic carbocycles. The largest absolute Gasteiger partial charge is 0.483 e. The fraction of sp³-hybridized carbons (Fsp3) is 0.550. The molecule has 4 heteroatoms. The van der Waals surface area contributed by atoms with Crippen molar-refractivity contribution in [1.82, 2.24) is 10.9 Å². The normalized spacial score (nSPS) is 17.4. The molecule has 0 saturated carbocycles. The lowest BCUT2D eigenvalue weighted by Gasteiger charge is -2.21. The summed E-state index contributed by atoms with van der Waals surface area (Å²) in [5.41, 5.74) is 9.20. The highest BCUT2D eigenvalue weighted by atomic mass is 16.5. The fourth-order valence-corrected chi connectivity index (χ4v) is 2.95. The summed E-state index contributed by atoms with van der Waals surface area (Å²) in [7, 11) is 0. The van der Waals surface area contributed by atoms with Crippen molar-refractivity contribution < 1.29 is 9.53 Å². The molecule has 0 heterocycles. The highest BCUT2D eigenvalue weighted by Gasteiger charge is 2.14. The number of aryl methyl sites for hydroxylation is 1. The van der Waals surface area contributed by atoms with E-state index < -0.39 is 0 Å². The van der Waals surface area contributed by atoms with Gasteiger partial charge in [-0.15, -0.1) is 0 Å². The third kappa shape index (κ3) is 5.29. The van der Waals surface area contributed by atoms with E-state index in [9.17, 15) is 4.79 Å². The zero-order chi connectivity index (χ0) is 17.5. The molecule has 24 heavy (non-hydrogen) atoms. The maximum atomic E-state index is 12.0. The maximum Gasteiger partial charge on any atom is 0.276 e. The first-order chi connectivity index (χ1) is 11.5. The highest BCUT2D eigenvalue weighted by Crippen LogP contribution is 2.27. The van der Waals surface area contributed by atoms with E-state index >= 15 is 0 Å². The van der Waals surface area contributed by atoms with Crippen molar-refractivity contribution in [2.24, 2.45) is 5.92 Å². The van der Waals surface area contributed by atoms with Gasteiger partial charge in [0.25, 0.3) is 5.91 Å². The summed E-state index contributed by atoms with van der Waals surface area (Å²) in [6, 6.07) is 6.07. The number of benzene rings is 1. The first-order valence-electron chi connectivity index (χ1n) is 8.96. The zero-order valence-electron chi connectivity index (χ0n) is 15.3. The van der Waals surface area contributed by atoms with Crippen LogP contribution in [0.2, 0.25) is 0 Å².